The van der Waals surface area contributed by atoms with Crippen molar-refractivity contribution in [3.05, 3.63) is 52.8 Å². The summed E-state index contributed by atoms with van der Waals surface area (Å²) in [6, 6.07) is 7.23. The molecule has 0 aromatic heterocycles. The van der Waals surface area contributed by atoms with Gasteiger partial charge in [-0.2, -0.15) is 0 Å². The first kappa shape index (κ1) is 20.0. The molecule has 2 aromatic rings. The number of hydrogen-bond donors (Lipinski definition) is 2. The quantitative estimate of drug-likeness (QED) is 0.778. The molecule has 6 nitrogen and oxygen atoms in total. The van der Waals surface area contributed by atoms with Gasteiger partial charge in [-0.05, 0) is 50.2 Å². The number of rotatable bonds is 6. The summed E-state index contributed by atoms with van der Waals surface area (Å²) in [6.45, 7) is 3.57. The molecule has 2 N–H and O–H groups in total. The van der Waals surface area contributed by atoms with E-state index in [1.54, 1.807) is 13.8 Å². The van der Waals surface area contributed by atoms with Crippen LogP contribution < -0.4 is 14.8 Å². The Bertz CT molecular complexity index is 932. The second-order valence-corrected chi connectivity index (χ2v) is 7.81. The van der Waals surface area contributed by atoms with Gasteiger partial charge in [0.1, 0.15) is 11.6 Å². The minimum atomic E-state index is -4.02. The monoisotopic (exact) mass is 400 g/mol. The molecule has 0 bridgehead atoms. The predicted molar refractivity (Wildman–Crippen MR) is 97.8 cm³/mol. The number of amides is 1. The van der Waals surface area contributed by atoms with Crippen LogP contribution in [-0.4, -0.2) is 27.5 Å². The molecule has 0 heterocycles. The number of methoxy groups -OCH3 is 1. The molecule has 0 aliphatic carbocycles. The zero-order valence-corrected chi connectivity index (χ0v) is 15.9. The van der Waals surface area contributed by atoms with Crippen LogP contribution in [0.2, 0.25) is 5.02 Å². The first-order chi connectivity index (χ1) is 12.1. The Morgan fingerprint density at radius 1 is 1.19 bits per heavy atom. The second kappa shape index (κ2) is 7.92. The van der Waals surface area contributed by atoms with Crippen molar-refractivity contribution in [1.82, 2.24) is 5.32 Å². The van der Waals surface area contributed by atoms with Gasteiger partial charge < -0.3 is 10.1 Å². The van der Waals surface area contributed by atoms with Crippen molar-refractivity contribution < 1.29 is 22.3 Å². The topological polar surface area (TPSA) is 84.5 Å². The van der Waals surface area contributed by atoms with Gasteiger partial charge in [-0.1, -0.05) is 11.6 Å². The lowest BCUT2D eigenvalue weighted by Gasteiger charge is -2.14. The van der Waals surface area contributed by atoms with Gasteiger partial charge in [0.25, 0.3) is 15.9 Å². The molecular weight excluding hydrogens is 383 g/mol. The van der Waals surface area contributed by atoms with Crippen LogP contribution in [-0.2, 0) is 10.0 Å². The van der Waals surface area contributed by atoms with Gasteiger partial charge >= 0.3 is 0 Å². The lowest BCUT2D eigenvalue weighted by Crippen LogP contribution is -2.30. The van der Waals surface area contributed by atoms with Gasteiger partial charge in [0.2, 0.25) is 0 Å². The largest absolute Gasteiger partial charge is 0.496 e. The van der Waals surface area contributed by atoms with Crippen LogP contribution in [0, 0.1) is 5.82 Å². The van der Waals surface area contributed by atoms with Gasteiger partial charge in [-0.3, -0.25) is 9.52 Å². The molecule has 0 unspecified atom stereocenters. The van der Waals surface area contributed by atoms with E-state index in [0.717, 1.165) is 12.1 Å². The Morgan fingerprint density at radius 2 is 1.88 bits per heavy atom. The number of hydrogen-bond acceptors (Lipinski definition) is 4. The minimum absolute atomic E-state index is 0.0845. The smallest absolute Gasteiger partial charge is 0.261 e. The van der Waals surface area contributed by atoms with Crippen molar-refractivity contribution in [3.8, 4) is 5.75 Å². The van der Waals surface area contributed by atoms with Crippen molar-refractivity contribution in [3.63, 3.8) is 0 Å². The molecule has 9 heteroatoms. The van der Waals surface area contributed by atoms with E-state index < -0.39 is 21.7 Å². The summed E-state index contributed by atoms with van der Waals surface area (Å²) in [6.07, 6.45) is 0. The van der Waals surface area contributed by atoms with E-state index in [9.17, 15) is 17.6 Å². The number of carbonyl (C=O) groups excluding carboxylic acids is 1. The minimum Gasteiger partial charge on any atom is -0.496 e. The third-order valence-electron chi connectivity index (χ3n) is 3.32. The molecule has 0 spiro atoms. The summed E-state index contributed by atoms with van der Waals surface area (Å²) in [4.78, 5) is 12.1. The fourth-order valence-electron chi connectivity index (χ4n) is 2.15. The molecule has 2 rings (SSSR count). The van der Waals surface area contributed by atoms with Crippen LogP contribution in [0.1, 0.15) is 24.2 Å². The van der Waals surface area contributed by atoms with E-state index in [1.165, 1.54) is 31.4 Å². The Labute approximate surface area is 156 Å². The Hall–Kier alpha value is -2.32. The van der Waals surface area contributed by atoms with E-state index in [-0.39, 0.29) is 33.0 Å². The molecule has 140 valence electrons. The average molecular weight is 401 g/mol. The summed E-state index contributed by atoms with van der Waals surface area (Å²) >= 11 is 5.66. The molecule has 0 saturated carbocycles. The molecule has 0 aliphatic heterocycles. The highest BCUT2D eigenvalue weighted by Gasteiger charge is 2.20. The Kier molecular flexibility index (Phi) is 6.09. The highest BCUT2D eigenvalue weighted by molar-refractivity contribution is 7.92. The van der Waals surface area contributed by atoms with Crippen molar-refractivity contribution in [1.29, 1.82) is 0 Å². The molecule has 1 amide bonds. The van der Waals surface area contributed by atoms with Crippen LogP contribution in [0.3, 0.4) is 0 Å². The van der Waals surface area contributed by atoms with E-state index >= 15 is 0 Å². The van der Waals surface area contributed by atoms with Crippen molar-refractivity contribution in [2.75, 3.05) is 11.8 Å². The third-order valence-corrected chi connectivity index (χ3v) is 4.99. The van der Waals surface area contributed by atoms with E-state index in [1.807, 2.05) is 0 Å². The molecule has 0 fully saturated rings. The standard InChI is InChI=1S/C17H18ClFN2O4S/c1-10(2)20-17(22)13-9-12(5-7-16(13)25-3)26(23,24)21-11-4-6-15(19)14(18)8-11/h4-10,21H,1-3H3,(H,20,22). The van der Waals surface area contributed by atoms with Gasteiger partial charge in [0.05, 0.1) is 28.3 Å². The summed E-state index contributed by atoms with van der Waals surface area (Å²) in [7, 11) is -2.64. The predicted octanol–water partition coefficient (Wildman–Crippen LogP) is 3.43. The number of nitrogens with one attached hydrogen (secondary N) is 2. The Balaban J connectivity index is 2.39. The summed E-state index contributed by atoms with van der Waals surface area (Å²) in [5.74, 6) is -0.877. The zero-order chi connectivity index (χ0) is 19.5. The van der Waals surface area contributed by atoms with Crippen LogP contribution >= 0.6 is 11.6 Å². The molecular formula is C17H18ClFN2O4S. The van der Waals surface area contributed by atoms with Gasteiger partial charge in [-0.15, -0.1) is 0 Å². The van der Waals surface area contributed by atoms with E-state index in [2.05, 4.69) is 10.0 Å². The van der Waals surface area contributed by atoms with E-state index in [4.69, 9.17) is 16.3 Å². The SMILES string of the molecule is COc1ccc(S(=O)(=O)Nc2ccc(F)c(Cl)c2)cc1C(=O)NC(C)C. The first-order valence-corrected chi connectivity index (χ1v) is 9.47. The molecule has 0 saturated heterocycles. The number of halogens is 2. The van der Waals surface area contributed by atoms with Crippen LogP contribution in [0.15, 0.2) is 41.3 Å². The maximum absolute atomic E-state index is 13.2. The molecule has 0 radical (unpaired) electrons. The number of ether oxygens (including phenoxy) is 1. The molecule has 2 aromatic carbocycles. The van der Waals surface area contributed by atoms with Crippen molar-refractivity contribution >= 4 is 33.2 Å². The average Bonchev–Trinajstić information content (AvgIpc) is 2.56. The second-order valence-electron chi connectivity index (χ2n) is 5.72. The van der Waals surface area contributed by atoms with Gasteiger partial charge in [0.15, 0.2) is 0 Å². The molecule has 26 heavy (non-hydrogen) atoms. The summed E-state index contributed by atoms with van der Waals surface area (Å²) < 4.78 is 45.8. The lowest BCUT2D eigenvalue weighted by atomic mass is 10.2. The number of benzene rings is 2. The number of carbonyl (C=O) groups is 1. The van der Waals surface area contributed by atoms with Gasteiger partial charge in [-0.25, -0.2) is 12.8 Å². The first-order valence-electron chi connectivity index (χ1n) is 7.61. The number of anilines is 1. The highest BCUT2D eigenvalue weighted by Crippen LogP contribution is 2.26. The highest BCUT2D eigenvalue weighted by atomic mass is 35.5. The van der Waals surface area contributed by atoms with Crippen LogP contribution in [0.4, 0.5) is 10.1 Å². The summed E-state index contributed by atoms with van der Waals surface area (Å²) in [5.41, 5.74) is 0.182. The Morgan fingerprint density at radius 3 is 2.46 bits per heavy atom. The fourth-order valence-corrected chi connectivity index (χ4v) is 3.40. The van der Waals surface area contributed by atoms with Crippen molar-refractivity contribution in [2.45, 2.75) is 24.8 Å². The maximum Gasteiger partial charge on any atom is 0.261 e. The van der Waals surface area contributed by atoms with Gasteiger partial charge in [0, 0.05) is 6.04 Å². The third kappa shape index (κ3) is 4.64. The number of sulfonamides is 1. The summed E-state index contributed by atoms with van der Waals surface area (Å²) in [5, 5.41) is 2.47. The fraction of sp³-hybridized carbons (Fsp3) is 0.235. The normalized spacial score (nSPS) is 11.3. The maximum atomic E-state index is 13.2. The molecule has 0 atom stereocenters. The van der Waals surface area contributed by atoms with Crippen LogP contribution in [0.5, 0.6) is 5.75 Å². The van der Waals surface area contributed by atoms with Crippen LogP contribution in [0.25, 0.3) is 0 Å². The zero-order valence-electron chi connectivity index (χ0n) is 14.3. The van der Waals surface area contributed by atoms with E-state index in [0.29, 0.717) is 0 Å². The lowest BCUT2D eigenvalue weighted by molar-refractivity contribution is 0.0940. The van der Waals surface area contributed by atoms with Crippen molar-refractivity contribution in [2.24, 2.45) is 0 Å². The molecule has 0 aliphatic rings.